The minimum absolute atomic E-state index is 0.266. The maximum Gasteiger partial charge on any atom is 0.494 e. The lowest BCUT2D eigenvalue weighted by Crippen LogP contribution is -2.42. The van der Waals surface area contributed by atoms with Gasteiger partial charge in [0.2, 0.25) is 0 Å². The quantitative estimate of drug-likeness (QED) is 0.192. The van der Waals surface area contributed by atoms with E-state index in [1.54, 1.807) is 0 Å². The number of nitrogens with zero attached hydrogens (tertiary/aromatic N) is 1. The first-order valence-electron chi connectivity index (χ1n) is 16.5. The molecule has 0 N–H and O–H groups in total. The maximum atomic E-state index is 6.68. The minimum Gasteiger partial charge on any atom is -0.399 e. The Labute approximate surface area is 274 Å². The predicted molar refractivity (Wildman–Crippen MR) is 192 cm³/mol. The molecule has 0 radical (unpaired) electrons. The summed E-state index contributed by atoms with van der Waals surface area (Å²) in [7, 11) is -0.444. The Bertz CT molecular complexity index is 1870. The smallest absolute Gasteiger partial charge is 0.399 e. The number of hydrogen-bond acceptors (Lipinski definition) is 3. The maximum absolute atomic E-state index is 6.68. The number of anilines is 3. The van der Waals surface area contributed by atoms with Crippen molar-refractivity contribution in [2.45, 2.75) is 77.4 Å². The molecule has 3 heterocycles. The van der Waals surface area contributed by atoms with Gasteiger partial charge in [-0.3, -0.25) is 0 Å². The van der Waals surface area contributed by atoms with Crippen LogP contribution in [0.4, 0.5) is 17.1 Å². The number of benzene rings is 5. The molecular weight excluding hydrogens is 561 g/mol. The van der Waals surface area contributed by atoms with E-state index in [1.165, 1.54) is 61.6 Å². The molecule has 46 heavy (non-hydrogen) atoms. The topological polar surface area (TPSA) is 21.7 Å². The molecule has 3 aliphatic heterocycles. The first-order chi connectivity index (χ1) is 21.8. The molecule has 0 spiro atoms. The van der Waals surface area contributed by atoms with Crippen LogP contribution in [-0.2, 0) is 20.1 Å². The van der Waals surface area contributed by atoms with E-state index in [4.69, 9.17) is 9.31 Å². The van der Waals surface area contributed by atoms with Crippen LogP contribution in [0.1, 0.15) is 77.6 Å². The second-order valence-corrected chi connectivity index (χ2v) is 15.3. The summed E-state index contributed by atoms with van der Waals surface area (Å²) in [5.74, 6) is 0. The largest absolute Gasteiger partial charge is 0.494 e. The van der Waals surface area contributed by atoms with E-state index in [1.807, 2.05) is 0 Å². The van der Waals surface area contributed by atoms with Crippen molar-refractivity contribution in [3.8, 4) is 22.3 Å². The van der Waals surface area contributed by atoms with Crippen LogP contribution >= 0.6 is 0 Å². The predicted octanol–water partition coefficient (Wildman–Crippen LogP) is 10.1. The molecule has 4 heteroatoms. The fourth-order valence-electron chi connectivity index (χ4n) is 7.71. The third-order valence-corrected chi connectivity index (χ3v) is 11.3. The monoisotopic (exact) mass is 603 g/mol. The van der Waals surface area contributed by atoms with E-state index in [2.05, 4.69) is 169 Å². The molecule has 3 nitrogen and oxygen atoms in total. The van der Waals surface area contributed by atoms with E-state index in [0.29, 0.717) is 0 Å². The normalized spacial score (nSPS) is 19.3. The highest BCUT2D eigenvalue weighted by atomic mass is 16.7. The highest BCUT2D eigenvalue weighted by molar-refractivity contribution is 6.62. The van der Waals surface area contributed by atoms with Gasteiger partial charge in [-0.05, 0) is 102 Å². The highest BCUT2D eigenvalue weighted by Gasteiger charge is 2.53. The minimum atomic E-state index is -0.444. The molecule has 5 aromatic rings. The first-order valence-corrected chi connectivity index (χ1v) is 16.5. The molecule has 0 amide bonds. The van der Waals surface area contributed by atoms with E-state index in [0.717, 1.165) is 5.46 Å². The Morgan fingerprint density at radius 2 is 0.870 bits per heavy atom. The van der Waals surface area contributed by atoms with E-state index < -0.39 is 18.3 Å². The van der Waals surface area contributed by atoms with E-state index >= 15 is 0 Å². The summed E-state index contributed by atoms with van der Waals surface area (Å²) in [6, 6.07) is 40.2. The van der Waals surface area contributed by atoms with Crippen LogP contribution in [0.5, 0.6) is 0 Å². The summed E-state index contributed by atoms with van der Waals surface area (Å²) >= 11 is 0. The Kier molecular flexibility index (Phi) is 6.18. The number of fused-ring (bicyclic) bond motifs is 4. The van der Waals surface area contributed by atoms with Gasteiger partial charge in [-0.2, -0.15) is 0 Å². The van der Waals surface area contributed by atoms with Gasteiger partial charge in [-0.15, -0.1) is 0 Å². The molecule has 1 saturated heterocycles. The van der Waals surface area contributed by atoms with Crippen molar-refractivity contribution in [1.29, 1.82) is 0 Å². The van der Waals surface area contributed by atoms with Crippen LogP contribution in [0, 0.1) is 0 Å². The van der Waals surface area contributed by atoms with Crippen LogP contribution in [-0.4, -0.2) is 18.3 Å². The lowest BCUT2D eigenvalue weighted by Gasteiger charge is -2.50. The van der Waals surface area contributed by atoms with Crippen molar-refractivity contribution < 1.29 is 9.31 Å². The average molecular weight is 604 g/mol. The lowest BCUT2D eigenvalue weighted by atomic mass is 9.63. The second-order valence-electron chi connectivity index (χ2n) is 15.3. The first kappa shape index (κ1) is 29.3. The van der Waals surface area contributed by atoms with Crippen molar-refractivity contribution >= 4 is 29.6 Å². The van der Waals surface area contributed by atoms with Gasteiger partial charge >= 0.3 is 7.12 Å². The molecule has 0 unspecified atom stereocenters. The molecule has 0 bridgehead atoms. The van der Waals surface area contributed by atoms with Crippen molar-refractivity contribution in [2.75, 3.05) is 4.90 Å². The molecular formula is C42H42BNO2. The van der Waals surface area contributed by atoms with Crippen molar-refractivity contribution in [3.63, 3.8) is 0 Å². The van der Waals surface area contributed by atoms with Gasteiger partial charge in [0.1, 0.15) is 0 Å². The molecule has 1 fully saturated rings. The summed E-state index contributed by atoms with van der Waals surface area (Å²) < 4.78 is 13.4. The summed E-state index contributed by atoms with van der Waals surface area (Å²) in [5.41, 5.74) is 13.6. The zero-order valence-corrected chi connectivity index (χ0v) is 28.2. The molecule has 0 aromatic heterocycles. The van der Waals surface area contributed by atoms with Crippen molar-refractivity contribution in [1.82, 2.24) is 0 Å². The summed E-state index contributed by atoms with van der Waals surface area (Å²) in [4.78, 5) is 2.53. The summed E-state index contributed by atoms with van der Waals surface area (Å²) in [6.07, 6.45) is 0. The van der Waals surface area contributed by atoms with Crippen molar-refractivity contribution in [3.05, 3.63) is 131 Å². The van der Waals surface area contributed by atoms with Crippen LogP contribution in [0.25, 0.3) is 22.3 Å². The second kappa shape index (κ2) is 9.70. The SMILES string of the molecule is CC1(C)c2cc(-c3ccccc3)ccc2N2c3ccc(-c4ccccc4)cc3C(C)(C)c3cc(B4OC(C)(C)C(C)(C)O4)cc1c32. The fourth-order valence-corrected chi connectivity index (χ4v) is 7.71. The molecule has 3 aliphatic rings. The summed E-state index contributed by atoms with van der Waals surface area (Å²) in [5, 5.41) is 0. The standard InChI is InChI=1S/C42H42BNO2/c1-39(2)32-23-29(27-15-11-9-12-16-27)19-21-36(32)44-37-22-20-30(28-17-13-10-14-18-28)24-33(37)40(3,4)35-26-31(25-34(39)38(35)44)43-45-41(5,6)42(7,8)46-43/h9-26H,1-8H3. The molecule has 5 aromatic carbocycles. The lowest BCUT2D eigenvalue weighted by molar-refractivity contribution is 0.00578. The van der Waals surface area contributed by atoms with Crippen LogP contribution in [0.2, 0.25) is 0 Å². The molecule has 230 valence electrons. The van der Waals surface area contributed by atoms with Crippen LogP contribution in [0.3, 0.4) is 0 Å². The fraction of sp³-hybridized carbons (Fsp3) is 0.286. The third-order valence-electron chi connectivity index (χ3n) is 11.3. The average Bonchev–Trinajstić information content (AvgIpc) is 3.27. The van der Waals surface area contributed by atoms with Crippen LogP contribution in [0.15, 0.2) is 109 Å². The molecule has 0 aliphatic carbocycles. The van der Waals surface area contributed by atoms with E-state index in [-0.39, 0.29) is 10.8 Å². The third kappa shape index (κ3) is 4.13. The van der Waals surface area contributed by atoms with E-state index in [9.17, 15) is 0 Å². The summed E-state index contributed by atoms with van der Waals surface area (Å²) in [6.45, 7) is 18.0. The molecule has 8 rings (SSSR count). The molecule has 0 saturated carbocycles. The van der Waals surface area contributed by atoms with Gasteiger partial charge in [0.25, 0.3) is 0 Å². The van der Waals surface area contributed by atoms with Gasteiger partial charge in [0.05, 0.1) is 28.3 Å². The Balaban J connectivity index is 1.40. The van der Waals surface area contributed by atoms with Crippen molar-refractivity contribution in [2.24, 2.45) is 0 Å². The van der Waals surface area contributed by atoms with Gasteiger partial charge in [-0.25, -0.2) is 0 Å². The Hall–Kier alpha value is -4.12. The Morgan fingerprint density at radius 3 is 1.28 bits per heavy atom. The zero-order valence-electron chi connectivity index (χ0n) is 28.2. The van der Waals surface area contributed by atoms with Gasteiger partial charge in [0, 0.05) is 10.8 Å². The van der Waals surface area contributed by atoms with Crippen LogP contribution < -0.4 is 10.4 Å². The number of rotatable bonds is 3. The Morgan fingerprint density at radius 1 is 0.457 bits per heavy atom. The van der Waals surface area contributed by atoms with Gasteiger partial charge < -0.3 is 14.2 Å². The van der Waals surface area contributed by atoms with Gasteiger partial charge in [0.15, 0.2) is 0 Å². The number of hydrogen-bond donors (Lipinski definition) is 0. The molecule has 0 atom stereocenters. The highest BCUT2D eigenvalue weighted by Crippen LogP contribution is 2.60. The van der Waals surface area contributed by atoms with Gasteiger partial charge in [-0.1, -0.05) is 113 Å². The zero-order chi connectivity index (χ0) is 32.2.